The highest BCUT2D eigenvalue weighted by atomic mass is 32.1. The molecular weight excluding hydrogens is 332 g/mol. The average Bonchev–Trinajstić information content (AvgIpc) is 3.00. The minimum absolute atomic E-state index is 0.108. The van der Waals surface area contributed by atoms with Gasteiger partial charge in [0.1, 0.15) is 5.82 Å². The smallest absolute Gasteiger partial charge is 0.228 e. The Kier molecular flexibility index (Phi) is 4.81. The molecule has 1 heterocycles. The summed E-state index contributed by atoms with van der Waals surface area (Å²) >= 11 is 5.24. The first-order chi connectivity index (χ1) is 11.9. The summed E-state index contributed by atoms with van der Waals surface area (Å²) in [6.07, 6.45) is 0. The van der Waals surface area contributed by atoms with Crippen molar-refractivity contribution in [3.63, 3.8) is 0 Å². The van der Waals surface area contributed by atoms with Crippen LogP contribution in [-0.4, -0.2) is 21.0 Å². The summed E-state index contributed by atoms with van der Waals surface area (Å²) in [5.74, 6) is 0.563. The summed E-state index contributed by atoms with van der Waals surface area (Å²) in [5, 5.41) is 6.09. The summed E-state index contributed by atoms with van der Waals surface area (Å²) < 4.78 is 0. The third-order valence-corrected chi connectivity index (χ3v) is 4.11. The van der Waals surface area contributed by atoms with E-state index in [2.05, 4.69) is 20.6 Å². The van der Waals surface area contributed by atoms with Gasteiger partial charge < -0.3 is 15.6 Å². The number of hydrogen-bond donors (Lipinski definition) is 3. The maximum absolute atomic E-state index is 11.8. The highest BCUT2D eigenvalue weighted by Gasteiger charge is 2.11. The standard InChI is InChI=1S/C19H20N4OS/c1-11(2)18(24)23-19(25)22-16-10-13(9-8-12(16)3)17-20-14-6-4-5-7-15(14)21-17/h4-11H,1-3H3,(H,20,21)(H2,22,23,24,25). The van der Waals surface area contributed by atoms with Crippen molar-refractivity contribution in [3.8, 4) is 11.4 Å². The van der Waals surface area contributed by atoms with Crippen molar-refractivity contribution in [1.29, 1.82) is 0 Å². The van der Waals surface area contributed by atoms with Crippen molar-refractivity contribution in [1.82, 2.24) is 15.3 Å². The number of hydrogen-bond acceptors (Lipinski definition) is 3. The maximum Gasteiger partial charge on any atom is 0.228 e. The molecule has 3 N–H and O–H groups in total. The molecule has 0 saturated heterocycles. The molecule has 0 aliphatic carbocycles. The van der Waals surface area contributed by atoms with Crippen LogP contribution in [0.3, 0.4) is 0 Å². The molecule has 25 heavy (non-hydrogen) atoms. The molecule has 0 radical (unpaired) electrons. The van der Waals surface area contributed by atoms with Gasteiger partial charge >= 0.3 is 0 Å². The van der Waals surface area contributed by atoms with Crippen molar-refractivity contribution >= 4 is 40.0 Å². The van der Waals surface area contributed by atoms with Gasteiger partial charge in [-0.15, -0.1) is 0 Å². The molecule has 0 atom stereocenters. The highest BCUT2D eigenvalue weighted by molar-refractivity contribution is 7.80. The number of nitrogens with one attached hydrogen (secondary N) is 3. The van der Waals surface area contributed by atoms with Crippen LogP contribution in [0.15, 0.2) is 42.5 Å². The summed E-state index contributed by atoms with van der Waals surface area (Å²) in [6.45, 7) is 5.63. The van der Waals surface area contributed by atoms with Crippen molar-refractivity contribution in [2.24, 2.45) is 5.92 Å². The fourth-order valence-corrected chi connectivity index (χ4v) is 2.61. The number of aryl methyl sites for hydroxylation is 1. The molecule has 0 fully saturated rings. The molecule has 1 aromatic heterocycles. The van der Waals surface area contributed by atoms with E-state index < -0.39 is 0 Å². The Labute approximate surface area is 151 Å². The predicted molar refractivity (Wildman–Crippen MR) is 105 cm³/mol. The van der Waals surface area contributed by atoms with Crippen LogP contribution in [0.1, 0.15) is 19.4 Å². The molecule has 2 aromatic carbocycles. The van der Waals surface area contributed by atoms with E-state index in [9.17, 15) is 4.79 Å². The second-order valence-electron chi connectivity index (χ2n) is 6.23. The van der Waals surface area contributed by atoms with Gasteiger partial charge in [0.25, 0.3) is 0 Å². The molecule has 0 bridgehead atoms. The van der Waals surface area contributed by atoms with Crippen LogP contribution in [0.25, 0.3) is 22.4 Å². The summed E-state index contributed by atoms with van der Waals surface area (Å²) in [5.41, 5.74) is 4.73. The number of rotatable bonds is 3. The topological polar surface area (TPSA) is 69.8 Å². The fraction of sp³-hybridized carbons (Fsp3) is 0.211. The lowest BCUT2D eigenvalue weighted by molar-refractivity contribution is -0.122. The van der Waals surface area contributed by atoms with Crippen LogP contribution in [0.2, 0.25) is 0 Å². The number of para-hydroxylation sites is 2. The summed E-state index contributed by atoms with van der Waals surface area (Å²) in [7, 11) is 0. The minimum Gasteiger partial charge on any atom is -0.338 e. The van der Waals surface area contributed by atoms with Crippen LogP contribution in [0.4, 0.5) is 5.69 Å². The van der Waals surface area contributed by atoms with E-state index in [1.54, 1.807) is 0 Å². The van der Waals surface area contributed by atoms with Gasteiger partial charge in [-0.25, -0.2) is 4.98 Å². The Morgan fingerprint density at radius 3 is 2.68 bits per heavy atom. The molecule has 5 nitrogen and oxygen atoms in total. The number of anilines is 1. The monoisotopic (exact) mass is 352 g/mol. The molecular formula is C19H20N4OS. The molecule has 1 amide bonds. The lowest BCUT2D eigenvalue weighted by Crippen LogP contribution is -2.36. The van der Waals surface area contributed by atoms with Crippen molar-refractivity contribution in [3.05, 3.63) is 48.0 Å². The first-order valence-corrected chi connectivity index (χ1v) is 8.52. The molecule has 0 saturated carbocycles. The number of benzene rings is 2. The Morgan fingerprint density at radius 2 is 1.96 bits per heavy atom. The van der Waals surface area contributed by atoms with Crippen LogP contribution in [-0.2, 0) is 4.79 Å². The lowest BCUT2D eigenvalue weighted by Gasteiger charge is -2.13. The van der Waals surface area contributed by atoms with Gasteiger partial charge in [0.15, 0.2) is 5.11 Å². The molecule has 0 aliphatic rings. The minimum atomic E-state index is -0.122. The number of aromatic nitrogens is 2. The fourth-order valence-electron chi connectivity index (χ4n) is 2.40. The van der Waals surface area contributed by atoms with Crippen LogP contribution in [0, 0.1) is 12.8 Å². The third-order valence-electron chi connectivity index (χ3n) is 3.91. The maximum atomic E-state index is 11.8. The third kappa shape index (κ3) is 3.85. The number of H-pyrrole nitrogens is 1. The number of amides is 1. The number of aromatic amines is 1. The van der Waals surface area contributed by atoms with Gasteiger partial charge in [-0.3, -0.25) is 4.79 Å². The number of fused-ring (bicyclic) bond motifs is 1. The second kappa shape index (κ2) is 7.03. The normalized spacial score (nSPS) is 10.9. The van der Waals surface area contributed by atoms with Crippen LogP contribution < -0.4 is 10.6 Å². The van der Waals surface area contributed by atoms with E-state index in [1.807, 2.05) is 63.2 Å². The zero-order valence-electron chi connectivity index (χ0n) is 14.4. The van der Waals surface area contributed by atoms with E-state index >= 15 is 0 Å². The van der Waals surface area contributed by atoms with E-state index in [4.69, 9.17) is 12.2 Å². The highest BCUT2D eigenvalue weighted by Crippen LogP contribution is 2.25. The van der Waals surface area contributed by atoms with E-state index in [-0.39, 0.29) is 11.8 Å². The zero-order chi connectivity index (χ0) is 18.0. The van der Waals surface area contributed by atoms with Crippen molar-refractivity contribution in [2.75, 3.05) is 5.32 Å². The number of thiocarbonyl (C=S) groups is 1. The van der Waals surface area contributed by atoms with E-state index in [0.29, 0.717) is 5.11 Å². The molecule has 128 valence electrons. The number of carbonyl (C=O) groups excluding carboxylic acids is 1. The largest absolute Gasteiger partial charge is 0.338 e. The Hall–Kier alpha value is -2.73. The quantitative estimate of drug-likeness (QED) is 0.623. The molecule has 3 aromatic rings. The van der Waals surface area contributed by atoms with Crippen molar-refractivity contribution < 1.29 is 4.79 Å². The van der Waals surface area contributed by atoms with Crippen LogP contribution >= 0.6 is 12.2 Å². The van der Waals surface area contributed by atoms with Gasteiger partial charge in [-0.1, -0.05) is 38.1 Å². The van der Waals surface area contributed by atoms with Gasteiger partial charge in [-0.2, -0.15) is 0 Å². The van der Waals surface area contributed by atoms with E-state index in [0.717, 1.165) is 33.7 Å². The Bertz CT molecular complexity index is 913. The Balaban J connectivity index is 1.85. The second-order valence-corrected chi connectivity index (χ2v) is 6.64. The molecule has 0 unspecified atom stereocenters. The number of carbonyl (C=O) groups is 1. The van der Waals surface area contributed by atoms with Gasteiger partial charge in [0.2, 0.25) is 5.91 Å². The van der Waals surface area contributed by atoms with E-state index in [1.165, 1.54) is 0 Å². The predicted octanol–water partition coefficient (Wildman–Crippen LogP) is 4.01. The first kappa shape index (κ1) is 17.1. The van der Waals surface area contributed by atoms with Gasteiger partial charge in [-0.05, 0) is 42.9 Å². The number of nitrogens with zero attached hydrogens (tertiary/aromatic N) is 1. The lowest BCUT2D eigenvalue weighted by atomic mass is 10.1. The summed E-state index contributed by atoms with van der Waals surface area (Å²) in [6, 6.07) is 13.9. The van der Waals surface area contributed by atoms with Gasteiger partial charge in [0.05, 0.1) is 11.0 Å². The number of imidazole rings is 1. The summed E-state index contributed by atoms with van der Waals surface area (Å²) in [4.78, 5) is 19.7. The molecule has 0 aliphatic heterocycles. The Morgan fingerprint density at radius 1 is 1.20 bits per heavy atom. The van der Waals surface area contributed by atoms with Crippen LogP contribution in [0.5, 0.6) is 0 Å². The molecule has 3 rings (SSSR count). The average molecular weight is 352 g/mol. The SMILES string of the molecule is Cc1ccc(-c2nc3ccccc3[nH]2)cc1NC(=S)NC(=O)C(C)C. The van der Waals surface area contributed by atoms with Crippen molar-refractivity contribution in [2.45, 2.75) is 20.8 Å². The zero-order valence-corrected chi connectivity index (χ0v) is 15.2. The first-order valence-electron chi connectivity index (χ1n) is 8.11. The van der Waals surface area contributed by atoms with Gasteiger partial charge in [0, 0.05) is 17.2 Å². The molecule has 0 spiro atoms. The molecule has 6 heteroatoms.